The van der Waals surface area contributed by atoms with Crippen LogP contribution in [0.15, 0.2) is 53.6 Å². The van der Waals surface area contributed by atoms with E-state index >= 15 is 0 Å². The maximum Gasteiger partial charge on any atom is 0.327 e. The highest BCUT2D eigenvalue weighted by molar-refractivity contribution is 7.90. The van der Waals surface area contributed by atoms with Crippen LogP contribution in [0.1, 0.15) is 24.2 Å². The van der Waals surface area contributed by atoms with Crippen molar-refractivity contribution in [3.05, 3.63) is 70.5 Å². The third-order valence-electron chi connectivity index (χ3n) is 5.52. The van der Waals surface area contributed by atoms with Gasteiger partial charge in [-0.2, -0.15) is 0 Å². The number of hydrogen-bond donors (Lipinski definition) is 1. The SMILES string of the molecule is CCOc1cc([C@H](CS(C)(=O)=O)n2c(=O)[nH]c3cc(-c4nccnc4C)ccc32)ccc1OC. The van der Waals surface area contributed by atoms with Gasteiger partial charge >= 0.3 is 5.69 Å². The van der Waals surface area contributed by atoms with E-state index in [0.717, 1.165) is 17.5 Å². The smallest absolute Gasteiger partial charge is 0.327 e. The molecule has 0 spiro atoms. The van der Waals surface area contributed by atoms with E-state index in [0.29, 0.717) is 40.4 Å². The molecule has 4 aromatic rings. The molecule has 0 radical (unpaired) electrons. The number of aryl methyl sites for hydroxylation is 1. The number of aromatic nitrogens is 4. The van der Waals surface area contributed by atoms with Gasteiger partial charge in [0.15, 0.2) is 11.5 Å². The summed E-state index contributed by atoms with van der Waals surface area (Å²) in [4.78, 5) is 24.6. The molecule has 9 nitrogen and oxygen atoms in total. The lowest BCUT2D eigenvalue weighted by Crippen LogP contribution is -2.28. The van der Waals surface area contributed by atoms with E-state index in [9.17, 15) is 13.2 Å². The van der Waals surface area contributed by atoms with E-state index in [1.807, 2.05) is 26.0 Å². The Morgan fingerprint density at radius 2 is 1.85 bits per heavy atom. The zero-order valence-electron chi connectivity index (χ0n) is 19.4. The molecular weight excluding hydrogens is 456 g/mol. The van der Waals surface area contributed by atoms with Crippen LogP contribution in [0.4, 0.5) is 0 Å². The molecular formula is C24H26N4O5S. The molecule has 34 heavy (non-hydrogen) atoms. The Bertz CT molecular complexity index is 1510. The van der Waals surface area contributed by atoms with Gasteiger partial charge in [-0.25, -0.2) is 13.2 Å². The first-order valence-corrected chi connectivity index (χ1v) is 12.8. The van der Waals surface area contributed by atoms with Crippen molar-refractivity contribution >= 4 is 20.9 Å². The average Bonchev–Trinajstić information content (AvgIpc) is 3.12. The molecule has 0 aliphatic heterocycles. The number of benzene rings is 2. The zero-order valence-corrected chi connectivity index (χ0v) is 20.2. The maximum absolute atomic E-state index is 13.1. The van der Waals surface area contributed by atoms with Crippen LogP contribution in [0.3, 0.4) is 0 Å². The Morgan fingerprint density at radius 1 is 1.09 bits per heavy atom. The number of nitrogens with one attached hydrogen (secondary N) is 1. The lowest BCUT2D eigenvalue weighted by molar-refractivity contribution is 0.310. The van der Waals surface area contributed by atoms with E-state index in [1.165, 1.54) is 11.7 Å². The number of imidazole rings is 1. The Hall–Kier alpha value is -3.66. The largest absolute Gasteiger partial charge is 0.493 e. The fourth-order valence-corrected chi connectivity index (χ4v) is 4.97. The van der Waals surface area contributed by atoms with Crippen LogP contribution in [0.5, 0.6) is 11.5 Å². The topological polar surface area (TPSA) is 116 Å². The monoisotopic (exact) mass is 482 g/mol. The molecule has 2 aromatic heterocycles. The molecule has 1 N–H and O–H groups in total. The number of H-pyrrole nitrogens is 1. The molecule has 0 aliphatic rings. The first kappa shape index (κ1) is 23.5. The van der Waals surface area contributed by atoms with Gasteiger partial charge in [-0.15, -0.1) is 0 Å². The first-order valence-electron chi connectivity index (χ1n) is 10.7. The molecule has 0 bridgehead atoms. The van der Waals surface area contributed by atoms with Gasteiger partial charge < -0.3 is 14.5 Å². The molecule has 0 unspecified atom stereocenters. The lowest BCUT2D eigenvalue weighted by Gasteiger charge is -2.20. The minimum absolute atomic E-state index is 0.261. The minimum atomic E-state index is -3.44. The van der Waals surface area contributed by atoms with Gasteiger partial charge in [-0.3, -0.25) is 14.5 Å². The van der Waals surface area contributed by atoms with Crippen molar-refractivity contribution in [3.8, 4) is 22.8 Å². The number of nitrogens with zero attached hydrogens (tertiary/aromatic N) is 3. The highest BCUT2D eigenvalue weighted by Crippen LogP contribution is 2.33. The molecule has 0 amide bonds. The van der Waals surface area contributed by atoms with Gasteiger partial charge in [-0.1, -0.05) is 12.1 Å². The Kier molecular flexibility index (Phi) is 6.43. The number of ether oxygens (including phenoxy) is 2. The van der Waals surface area contributed by atoms with E-state index in [-0.39, 0.29) is 5.75 Å². The quantitative estimate of drug-likeness (QED) is 0.410. The summed E-state index contributed by atoms with van der Waals surface area (Å²) in [5.41, 5.74) is 3.64. The first-order chi connectivity index (χ1) is 16.2. The van der Waals surface area contributed by atoms with Gasteiger partial charge in [0, 0.05) is 24.2 Å². The molecule has 0 fully saturated rings. The number of aromatic amines is 1. The van der Waals surface area contributed by atoms with E-state index in [1.54, 1.807) is 36.7 Å². The maximum atomic E-state index is 13.1. The molecule has 1 atom stereocenters. The fraction of sp³-hybridized carbons (Fsp3) is 0.292. The zero-order chi connectivity index (χ0) is 24.5. The number of fused-ring (bicyclic) bond motifs is 1. The summed E-state index contributed by atoms with van der Waals surface area (Å²) in [5, 5.41) is 0. The molecule has 178 valence electrons. The Morgan fingerprint density at radius 3 is 2.53 bits per heavy atom. The Labute approximate surface area is 197 Å². The van der Waals surface area contributed by atoms with Crippen molar-refractivity contribution < 1.29 is 17.9 Å². The van der Waals surface area contributed by atoms with Crippen LogP contribution in [0.2, 0.25) is 0 Å². The predicted octanol–water partition coefficient (Wildman–Crippen LogP) is 3.14. The summed E-state index contributed by atoms with van der Waals surface area (Å²) >= 11 is 0. The predicted molar refractivity (Wildman–Crippen MR) is 130 cm³/mol. The second kappa shape index (κ2) is 9.30. The molecule has 0 saturated heterocycles. The van der Waals surface area contributed by atoms with Crippen molar-refractivity contribution in [2.75, 3.05) is 25.7 Å². The van der Waals surface area contributed by atoms with E-state index < -0.39 is 21.6 Å². The van der Waals surface area contributed by atoms with Gasteiger partial charge in [0.05, 0.1) is 47.9 Å². The van der Waals surface area contributed by atoms with Crippen LogP contribution in [0, 0.1) is 6.92 Å². The standard InChI is InChI=1S/C24H26N4O5S/c1-5-33-22-13-16(7-9-21(22)32-3)20(14-34(4,30)31)28-19-8-6-17(12-18(19)27-24(28)29)23-15(2)25-10-11-26-23/h6-13,20H,5,14H2,1-4H3,(H,27,29)/t20-/m0/s1. The third-order valence-corrected chi connectivity index (χ3v) is 6.44. The normalized spacial score (nSPS) is 12.6. The Balaban J connectivity index is 1.89. The summed E-state index contributed by atoms with van der Waals surface area (Å²) < 4.78 is 37.2. The average molecular weight is 483 g/mol. The molecule has 10 heteroatoms. The molecule has 2 heterocycles. The van der Waals surface area contributed by atoms with Crippen molar-refractivity contribution in [1.29, 1.82) is 0 Å². The van der Waals surface area contributed by atoms with Crippen LogP contribution in [-0.4, -0.2) is 53.7 Å². The molecule has 4 rings (SSSR count). The van der Waals surface area contributed by atoms with Crippen molar-refractivity contribution in [1.82, 2.24) is 19.5 Å². The number of methoxy groups -OCH3 is 1. The summed E-state index contributed by atoms with van der Waals surface area (Å²) in [6.45, 7) is 4.12. The fourth-order valence-electron chi connectivity index (χ4n) is 4.05. The van der Waals surface area contributed by atoms with Crippen LogP contribution in [0.25, 0.3) is 22.3 Å². The summed E-state index contributed by atoms with van der Waals surface area (Å²) in [5.74, 6) is 0.747. The minimum Gasteiger partial charge on any atom is -0.493 e. The third kappa shape index (κ3) is 4.67. The second-order valence-electron chi connectivity index (χ2n) is 7.97. The van der Waals surface area contributed by atoms with Gasteiger partial charge in [0.25, 0.3) is 0 Å². The molecule has 0 aliphatic carbocycles. The van der Waals surface area contributed by atoms with Gasteiger partial charge in [0.1, 0.15) is 9.84 Å². The number of rotatable bonds is 8. The summed E-state index contributed by atoms with van der Waals surface area (Å²) in [7, 11) is -1.91. The van der Waals surface area contributed by atoms with Crippen molar-refractivity contribution in [2.45, 2.75) is 19.9 Å². The van der Waals surface area contributed by atoms with Crippen molar-refractivity contribution in [3.63, 3.8) is 0 Å². The molecule has 2 aromatic carbocycles. The number of hydrogen-bond acceptors (Lipinski definition) is 7. The molecule has 0 saturated carbocycles. The van der Waals surface area contributed by atoms with E-state index in [2.05, 4.69) is 15.0 Å². The van der Waals surface area contributed by atoms with Gasteiger partial charge in [0.2, 0.25) is 0 Å². The van der Waals surface area contributed by atoms with Gasteiger partial charge in [-0.05, 0) is 43.7 Å². The number of sulfone groups is 1. The second-order valence-corrected chi connectivity index (χ2v) is 10.2. The summed E-state index contributed by atoms with van der Waals surface area (Å²) in [6.07, 6.45) is 4.39. The van der Waals surface area contributed by atoms with Crippen LogP contribution >= 0.6 is 0 Å². The highest BCUT2D eigenvalue weighted by Gasteiger charge is 2.25. The highest BCUT2D eigenvalue weighted by atomic mass is 32.2. The van der Waals surface area contributed by atoms with Crippen LogP contribution < -0.4 is 15.2 Å². The van der Waals surface area contributed by atoms with Crippen LogP contribution in [-0.2, 0) is 9.84 Å². The lowest BCUT2D eigenvalue weighted by atomic mass is 10.1. The van der Waals surface area contributed by atoms with Crippen molar-refractivity contribution in [2.24, 2.45) is 0 Å². The summed E-state index contributed by atoms with van der Waals surface area (Å²) in [6, 6.07) is 9.87. The van der Waals surface area contributed by atoms with E-state index in [4.69, 9.17) is 9.47 Å².